The van der Waals surface area contributed by atoms with Gasteiger partial charge in [-0.3, -0.25) is 4.79 Å². The topological polar surface area (TPSA) is 38.3 Å². The zero-order valence-corrected chi connectivity index (χ0v) is 9.34. The Balaban J connectivity index is 1.90. The number of carbonyl (C=O) groups is 1. The number of amides is 1. The Morgan fingerprint density at radius 3 is 2.93 bits per heavy atom. The summed E-state index contributed by atoms with van der Waals surface area (Å²) in [5, 5.41) is 2.88. The zero-order valence-electron chi connectivity index (χ0n) is 7.75. The molecule has 0 aromatic heterocycles. The van der Waals surface area contributed by atoms with Crippen molar-refractivity contribution in [1.29, 1.82) is 0 Å². The van der Waals surface area contributed by atoms with E-state index in [0.29, 0.717) is 6.10 Å². The van der Waals surface area contributed by atoms with Gasteiger partial charge < -0.3 is 10.1 Å². The molecule has 1 N–H and O–H groups in total. The van der Waals surface area contributed by atoms with Crippen LogP contribution in [0.3, 0.4) is 0 Å². The average Bonchev–Trinajstić information content (AvgIpc) is 2.54. The molecule has 2 saturated heterocycles. The summed E-state index contributed by atoms with van der Waals surface area (Å²) in [7, 11) is 0. The lowest BCUT2D eigenvalue weighted by molar-refractivity contribution is -0.118. The molecule has 2 heterocycles. The van der Waals surface area contributed by atoms with Crippen LogP contribution >= 0.6 is 15.9 Å². The van der Waals surface area contributed by atoms with Crippen molar-refractivity contribution in [2.45, 2.75) is 43.9 Å². The fourth-order valence-electron chi connectivity index (χ4n) is 2.21. The largest absolute Gasteiger partial charge is 0.373 e. The first-order valence-electron chi connectivity index (χ1n) is 4.87. The Labute approximate surface area is 91.7 Å². The quantitative estimate of drug-likeness (QED) is 0.717. The number of fused-ring (bicyclic) bond motifs is 2. The van der Waals surface area contributed by atoms with Crippen LogP contribution in [-0.4, -0.2) is 24.2 Å². The molecule has 14 heavy (non-hydrogen) atoms. The molecule has 76 valence electrons. The van der Waals surface area contributed by atoms with E-state index in [1.807, 2.05) is 0 Å². The van der Waals surface area contributed by atoms with E-state index in [2.05, 4.69) is 32.0 Å². The Bertz CT molecular complexity index is 294. The first-order valence-corrected chi connectivity index (χ1v) is 5.66. The summed E-state index contributed by atoms with van der Waals surface area (Å²) in [4.78, 5) is 13.6. The maximum absolute atomic E-state index is 11.2. The lowest BCUT2D eigenvalue weighted by Crippen LogP contribution is -2.45. The van der Waals surface area contributed by atoms with Gasteiger partial charge in [0.15, 0.2) is 0 Å². The molecular formula is C10H12BrNO2. The van der Waals surface area contributed by atoms with E-state index in [1.165, 1.54) is 0 Å². The predicted octanol–water partition coefficient (Wildman–Crippen LogP) is 1.17. The van der Waals surface area contributed by atoms with E-state index >= 15 is 0 Å². The monoisotopic (exact) mass is 257 g/mol. The molecule has 2 aliphatic heterocycles. The van der Waals surface area contributed by atoms with Crippen LogP contribution in [0.1, 0.15) is 25.7 Å². The smallest absolute Gasteiger partial charge is 0.297 e. The molecule has 2 rings (SSSR count). The minimum atomic E-state index is -0.221. The van der Waals surface area contributed by atoms with Crippen molar-refractivity contribution in [2.24, 2.45) is 0 Å². The maximum Gasteiger partial charge on any atom is 0.297 e. The Morgan fingerprint density at radius 2 is 2.14 bits per heavy atom. The fraction of sp³-hybridized carbons (Fsp3) is 0.700. The van der Waals surface area contributed by atoms with E-state index in [4.69, 9.17) is 4.74 Å². The van der Waals surface area contributed by atoms with Crippen molar-refractivity contribution in [1.82, 2.24) is 5.32 Å². The van der Waals surface area contributed by atoms with Crippen LogP contribution in [0.5, 0.6) is 0 Å². The second kappa shape index (κ2) is 4.33. The third-order valence-corrected chi connectivity index (χ3v) is 3.06. The van der Waals surface area contributed by atoms with Gasteiger partial charge in [0.25, 0.3) is 5.91 Å². The van der Waals surface area contributed by atoms with Gasteiger partial charge >= 0.3 is 0 Å². The van der Waals surface area contributed by atoms with E-state index in [1.54, 1.807) is 0 Å². The van der Waals surface area contributed by atoms with E-state index in [0.717, 1.165) is 25.7 Å². The van der Waals surface area contributed by atoms with Crippen LogP contribution < -0.4 is 5.32 Å². The number of rotatable bonds is 1. The van der Waals surface area contributed by atoms with Crippen molar-refractivity contribution in [3.8, 4) is 10.8 Å². The second-order valence-electron chi connectivity index (χ2n) is 3.75. The molecule has 4 heteroatoms. The van der Waals surface area contributed by atoms with Gasteiger partial charge in [-0.2, -0.15) is 0 Å². The number of hydrogen-bond donors (Lipinski definition) is 1. The van der Waals surface area contributed by atoms with Crippen LogP contribution in [0.2, 0.25) is 0 Å². The van der Waals surface area contributed by atoms with Gasteiger partial charge in [-0.25, -0.2) is 0 Å². The van der Waals surface area contributed by atoms with Crippen LogP contribution in [0.4, 0.5) is 0 Å². The highest BCUT2D eigenvalue weighted by Gasteiger charge is 2.37. The van der Waals surface area contributed by atoms with Crippen LogP contribution in [0, 0.1) is 10.8 Å². The highest BCUT2D eigenvalue weighted by Crippen LogP contribution is 2.32. The summed E-state index contributed by atoms with van der Waals surface area (Å²) in [5.74, 6) is 2.19. The number of halogens is 1. The fourth-order valence-corrected chi connectivity index (χ4v) is 2.39. The summed E-state index contributed by atoms with van der Waals surface area (Å²) < 4.78 is 5.71. The first kappa shape index (κ1) is 10.0. The molecule has 0 saturated carbocycles. The molecule has 1 amide bonds. The Morgan fingerprint density at radius 1 is 1.36 bits per heavy atom. The van der Waals surface area contributed by atoms with Crippen LogP contribution in [0.15, 0.2) is 0 Å². The standard InChI is InChI=1S/C10H12BrNO2/c11-6-5-10(13)12-8-3-1-7-2-4-9(8)14-7/h7-9H,1-4H2,(H,12,13). The summed E-state index contributed by atoms with van der Waals surface area (Å²) in [6, 6.07) is 0.162. The van der Waals surface area contributed by atoms with Gasteiger partial charge in [-0.05, 0) is 30.5 Å². The molecule has 3 unspecified atom stereocenters. The van der Waals surface area contributed by atoms with Crippen LogP contribution in [0.25, 0.3) is 0 Å². The van der Waals surface area contributed by atoms with Crippen molar-refractivity contribution in [3.05, 3.63) is 0 Å². The molecule has 3 atom stereocenters. The molecule has 0 aromatic rings. The third-order valence-electron chi connectivity index (χ3n) is 2.87. The third kappa shape index (κ3) is 2.10. The normalized spacial score (nSPS) is 34.5. The van der Waals surface area contributed by atoms with Crippen molar-refractivity contribution >= 4 is 21.8 Å². The summed E-state index contributed by atoms with van der Waals surface area (Å²) in [5.41, 5.74) is 0. The number of nitrogens with one attached hydrogen (secondary N) is 1. The highest BCUT2D eigenvalue weighted by molar-refractivity contribution is 9.12. The van der Waals surface area contributed by atoms with Gasteiger partial charge in [0.1, 0.15) is 0 Å². The van der Waals surface area contributed by atoms with E-state index in [-0.39, 0.29) is 18.1 Å². The Hall–Kier alpha value is -0.530. The van der Waals surface area contributed by atoms with Crippen molar-refractivity contribution in [2.75, 3.05) is 0 Å². The van der Waals surface area contributed by atoms with E-state index < -0.39 is 0 Å². The maximum atomic E-state index is 11.2. The molecule has 0 spiro atoms. The van der Waals surface area contributed by atoms with Gasteiger partial charge in [0.05, 0.1) is 18.2 Å². The van der Waals surface area contributed by atoms with Gasteiger partial charge in [-0.1, -0.05) is 0 Å². The number of carbonyl (C=O) groups excluding carboxylic acids is 1. The van der Waals surface area contributed by atoms with Gasteiger partial charge in [0.2, 0.25) is 0 Å². The summed E-state index contributed by atoms with van der Waals surface area (Å²) >= 11 is 2.90. The minimum absolute atomic E-state index is 0.162. The van der Waals surface area contributed by atoms with Crippen molar-refractivity contribution in [3.63, 3.8) is 0 Å². The Kier molecular flexibility index (Phi) is 3.09. The highest BCUT2D eigenvalue weighted by atomic mass is 79.9. The molecule has 3 nitrogen and oxygen atoms in total. The second-order valence-corrected chi connectivity index (χ2v) is 4.15. The summed E-state index contributed by atoms with van der Waals surface area (Å²) in [6.07, 6.45) is 4.94. The average molecular weight is 258 g/mol. The number of ether oxygens (including phenoxy) is 1. The molecule has 2 fully saturated rings. The van der Waals surface area contributed by atoms with E-state index in [9.17, 15) is 4.79 Å². The van der Waals surface area contributed by atoms with Gasteiger partial charge in [-0.15, -0.1) is 0 Å². The van der Waals surface area contributed by atoms with Gasteiger partial charge in [0, 0.05) is 21.9 Å². The lowest BCUT2D eigenvalue weighted by atomic mass is 10.0. The van der Waals surface area contributed by atoms with Crippen molar-refractivity contribution < 1.29 is 9.53 Å². The molecular weight excluding hydrogens is 246 g/mol. The molecule has 2 aliphatic rings. The molecule has 0 aliphatic carbocycles. The van der Waals surface area contributed by atoms with Crippen LogP contribution in [-0.2, 0) is 9.53 Å². The molecule has 0 aromatic carbocycles. The number of hydrogen-bond acceptors (Lipinski definition) is 2. The molecule has 0 radical (unpaired) electrons. The molecule has 2 bridgehead atoms. The first-order chi connectivity index (χ1) is 6.79. The lowest BCUT2D eigenvalue weighted by Gasteiger charge is -2.29. The minimum Gasteiger partial charge on any atom is -0.373 e. The SMILES string of the molecule is O=C(C#CBr)NC1CCC2CCC1O2. The zero-order chi connectivity index (χ0) is 9.97. The summed E-state index contributed by atoms with van der Waals surface area (Å²) in [6.45, 7) is 0. The predicted molar refractivity (Wildman–Crippen MR) is 55.8 cm³/mol.